The average Bonchev–Trinajstić information content (AvgIpc) is 3.03. The van der Waals surface area contributed by atoms with E-state index in [1.54, 1.807) is 7.11 Å². The first kappa shape index (κ1) is 17.0. The molecule has 1 aliphatic heterocycles. The van der Waals surface area contributed by atoms with Gasteiger partial charge in [0.15, 0.2) is 0 Å². The van der Waals surface area contributed by atoms with Crippen molar-refractivity contribution in [3.63, 3.8) is 0 Å². The van der Waals surface area contributed by atoms with Crippen LogP contribution in [0.3, 0.4) is 0 Å². The number of hydrogen-bond donors (Lipinski definition) is 0. The molecule has 1 saturated heterocycles. The van der Waals surface area contributed by atoms with Crippen molar-refractivity contribution < 1.29 is 17.9 Å². The minimum atomic E-state index is -4.41. The minimum Gasteiger partial charge on any atom is -0.381 e. The Bertz CT molecular complexity index is 658. The standard InChI is InChI=1S/C17H20F3N3O/c1-24-15-6-9-22(10-7-15)12-14-3-2-8-23(14)13-4-5-16(21-11-13)17(18,19)20/h2-5,8,11,15H,6-7,9-10,12H2,1H3. The summed E-state index contributed by atoms with van der Waals surface area (Å²) in [4.78, 5) is 5.87. The van der Waals surface area contributed by atoms with Crippen LogP contribution in [0.4, 0.5) is 13.2 Å². The fraction of sp³-hybridized carbons (Fsp3) is 0.471. The lowest BCUT2D eigenvalue weighted by Crippen LogP contribution is -2.36. The van der Waals surface area contributed by atoms with Crippen LogP contribution in [-0.4, -0.2) is 40.8 Å². The van der Waals surface area contributed by atoms with Crippen molar-refractivity contribution >= 4 is 0 Å². The van der Waals surface area contributed by atoms with E-state index in [0.29, 0.717) is 11.8 Å². The number of alkyl halides is 3. The Labute approximate surface area is 138 Å². The van der Waals surface area contributed by atoms with E-state index in [-0.39, 0.29) is 0 Å². The maximum Gasteiger partial charge on any atom is 0.433 e. The number of ether oxygens (including phenoxy) is 1. The first-order valence-corrected chi connectivity index (χ1v) is 7.92. The summed E-state index contributed by atoms with van der Waals surface area (Å²) in [6.07, 6.45) is 1.03. The van der Waals surface area contributed by atoms with E-state index in [1.165, 1.54) is 12.3 Å². The van der Waals surface area contributed by atoms with E-state index < -0.39 is 11.9 Å². The van der Waals surface area contributed by atoms with Gasteiger partial charge in [-0.25, -0.2) is 4.98 Å². The average molecular weight is 339 g/mol. The molecule has 0 unspecified atom stereocenters. The maximum atomic E-state index is 12.6. The Morgan fingerprint density at radius 2 is 1.96 bits per heavy atom. The van der Waals surface area contributed by atoms with E-state index in [1.807, 2.05) is 22.9 Å². The predicted octanol–water partition coefficient (Wildman–Crippen LogP) is 3.50. The number of methoxy groups -OCH3 is 1. The molecule has 7 heteroatoms. The topological polar surface area (TPSA) is 30.3 Å². The number of piperidine rings is 1. The lowest BCUT2D eigenvalue weighted by Gasteiger charge is -2.31. The lowest BCUT2D eigenvalue weighted by molar-refractivity contribution is -0.141. The van der Waals surface area contributed by atoms with Crippen molar-refractivity contribution in [3.8, 4) is 5.69 Å². The first-order valence-electron chi connectivity index (χ1n) is 7.92. The molecule has 0 spiro atoms. The third kappa shape index (κ3) is 3.79. The van der Waals surface area contributed by atoms with Gasteiger partial charge >= 0.3 is 6.18 Å². The molecule has 24 heavy (non-hydrogen) atoms. The third-order valence-corrected chi connectivity index (χ3v) is 4.40. The molecule has 1 aliphatic rings. The van der Waals surface area contributed by atoms with Gasteiger partial charge in [0.1, 0.15) is 5.69 Å². The van der Waals surface area contributed by atoms with Crippen molar-refractivity contribution in [2.45, 2.75) is 31.7 Å². The van der Waals surface area contributed by atoms with Gasteiger partial charge in [-0.05, 0) is 37.1 Å². The Morgan fingerprint density at radius 1 is 1.21 bits per heavy atom. The highest BCUT2D eigenvalue weighted by Crippen LogP contribution is 2.28. The molecular formula is C17H20F3N3O. The zero-order chi connectivity index (χ0) is 17.2. The number of aromatic nitrogens is 2. The number of rotatable bonds is 4. The van der Waals surface area contributed by atoms with Gasteiger partial charge in [-0.3, -0.25) is 4.90 Å². The molecule has 0 saturated carbocycles. The highest BCUT2D eigenvalue weighted by molar-refractivity contribution is 5.34. The van der Waals surface area contributed by atoms with E-state index in [0.717, 1.165) is 44.2 Å². The molecule has 2 aromatic heterocycles. The van der Waals surface area contributed by atoms with Gasteiger partial charge in [0, 0.05) is 38.6 Å². The van der Waals surface area contributed by atoms with Gasteiger partial charge < -0.3 is 9.30 Å². The van der Waals surface area contributed by atoms with E-state index in [2.05, 4.69) is 9.88 Å². The Morgan fingerprint density at radius 3 is 2.54 bits per heavy atom. The van der Waals surface area contributed by atoms with E-state index in [4.69, 9.17) is 4.74 Å². The number of hydrogen-bond acceptors (Lipinski definition) is 3. The zero-order valence-corrected chi connectivity index (χ0v) is 13.5. The van der Waals surface area contributed by atoms with Crippen molar-refractivity contribution in [3.05, 3.63) is 48.0 Å². The highest BCUT2D eigenvalue weighted by Gasteiger charge is 2.32. The van der Waals surface area contributed by atoms with Gasteiger partial charge in [-0.1, -0.05) is 0 Å². The molecule has 0 radical (unpaired) electrons. The monoisotopic (exact) mass is 339 g/mol. The SMILES string of the molecule is COC1CCN(Cc2cccn2-c2ccc(C(F)(F)F)nc2)CC1. The molecular weight excluding hydrogens is 319 g/mol. The second kappa shape index (κ2) is 6.94. The Kier molecular flexibility index (Phi) is 4.91. The number of nitrogens with zero attached hydrogens (tertiary/aromatic N) is 3. The zero-order valence-electron chi connectivity index (χ0n) is 13.5. The maximum absolute atomic E-state index is 12.6. The molecule has 0 N–H and O–H groups in total. The quantitative estimate of drug-likeness (QED) is 0.854. The normalized spacial score (nSPS) is 17.3. The summed E-state index contributed by atoms with van der Waals surface area (Å²) in [5.74, 6) is 0. The summed E-state index contributed by atoms with van der Waals surface area (Å²) in [5.41, 5.74) is 0.795. The lowest BCUT2D eigenvalue weighted by atomic mass is 10.1. The molecule has 2 aromatic rings. The smallest absolute Gasteiger partial charge is 0.381 e. The number of pyridine rings is 1. The molecule has 3 heterocycles. The molecule has 0 aliphatic carbocycles. The number of likely N-dealkylation sites (tertiary alicyclic amines) is 1. The van der Waals surface area contributed by atoms with E-state index in [9.17, 15) is 13.2 Å². The molecule has 130 valence electrons. The minimum absolute atomic E-state index is 0.326. The summed E-state index contributed by atoms with van der Waals surface area (Å²) in [6.45, 7) is 2.66. The van der Waals surface area contributed by atoms with Crippen LogP contribution in [0.15, 0.2) is 36.7 Å². The molecule has 0 amide bonds. The third-order valence-electron chi connectivity index (χ3n) is 4.40. The van der Waals surface area contributed by atoms with Crippen LogP contribution in [0.1, 0.15) is 24.2 Å². The van der Waals surface area contributed by atoms with Gasteiger partial charge in [-0.2, -0.15) is 13.2 Å². The first-order chi connectivity index (χ1) is 11.5. The van der Waals surface area contributed by atoms with Crippen LogP contribution >= 0.6 is 0 Å². The fourth-order valence-electron chi connectivity index (χ4n) is 3.03. The van der Waals surface area contributed by atoms with Crippen LogP contribution in [0.2, 0.25) is 0 Å². The van der Waals surface area contributed by atoms with Crippen molar-refractivity contribution in [2.24, 2.45) is 0 Å². The van der Waals surface area contributed by atoms with Crippen LogP contribution in [0.25, 0.3) is 5.69 Å². The second-order valence-corrected chi connectivity index (χ2v) is 5.98. The number of halogens is 3. The highest BCUT2D eigenvalue weighted by atomic mass is 19.4. The summed E-state index contributed by atoms with van der Waals surface area (Å²) in [6, 6.07) is 6.36. The van der Waals surface area contributed by atoms with Gasteiger partial charge in [-0.15, -0.1) is 0 Å². The summed E-state index contributed by atoms with van der Waals surface area (Å²) in [7, 11) is 1.74. The summed E-state index contributed by atoms with van der Waals surface area (Å²) >= 11 is 0. The summed E-state index contributed by atoms with van der Waals surface area (Å²) in [5, 5.41) is 0. The Balaban J connectivity index is 1.71. The van der Waals surface area contributed by atoms with Crippen LogP contribution in [0, 0.1) is 0 Å². The van der Waals surface area contributed by atoms with Crippen molar-refractivity contribution in [2.75, 3.05) is 20.2 Å². The largest absolute Gasteiger partial charge is 0.433 e. The Hall–Kier alpha value is -1.86. The van der Waals surface area contributed by atoms with Crippen LogP contribution < -0.4 is 0 Å². The predicted molar refractivity (Wildman–Crippen MR) is 83.9 cm³/mol. The molecule has 0 aromatic carbocycles. The molecule has 3 rings (SSSR count). The fourth-order valence-corrected chi connectivity index (χ4v) is 3.03. The van der Waals surface area contributed by atoms with Crippen LogP contribution in [0.5, 0.6) is 0 Å². The van der Waals surface area contributed by atoms with Crippen LogP contribution in [-0.2, 0) is 17.5 Å². The second-order valence-electron chi connectivity index (χ2n) is 5.98. The van der Waals surface area contributed by atoms with Gasteiger partial charge in [0.25, 0.3) is 0 Å². The van der Waals surface area contributed by atoms with Crippen molar-refractivity contribution in [1.82, 2.24) is 14.5 Å². The molecule has 1 fully saturated rings. The molecule has 4 nitrogen and oxygen atoms in total. The molecule has 0 atom stereocenters. The molecule has 0 bridgehead atoms. The summed E-state index contributed by atoms with van der Waals surface area (Å²) < 4.78 is 45.1. The van der Waals surface area contributed by atoms with Gasteiger partial charge in [0.2, 0.25) is 0 Å². The van der Waals surface area contributed by atoms with E-state index >= 15 is 0 Å². The van der Waals surface area contributed by atoms with Gasteiger partial charge in [0.05, 0.1) is 18.0 Å². The van der Waals surface area contributed by atoms with Crippen molar-refractivity contribution in [1.29, 1.82) is 0 Å².